The first-order valence-corrected chi connectivity index (χ1v) is 9.21. The Morgan fingerprint density at radius 3 is 2.20 bits per heavy atom. The normalized spacial score (nSPS) is 32.9. The van der Waals surface area contributed by atoms with Crippen molar-refractivity contribution >= 4 is 0 Å². The maximum Gasteiger partial charge on any atom is 0.0337 e. The zero-order chi connectivity index (χ0) is 14.0. The highest BCUT2D eigenvalue weighted by Gasteiger charge is 2.46. The van der Waals surface area contributed by atoms with Crippen molar-refractivity contribution in [3.63, 3.8) is 0 Å². The van der Waals surface area contributed by atoms with Gasteiger partial charge < -0.3 is 5.32 Å². The van der Waals surface area contributed by atoms with Gasteiger partial charge in [0.15, 0.2) is 0 Å². The second-order valence-electron chi connectivity index (χ2n) is 7.96. The van der Waals surface area contributed by atoms with Crippen molar-refractivity contribution in [3.05, 3.63) is 0 Å². The van der Waals surface area contributed by atoms with Gasteiger partial charge in [0.05, 0.1) is 0 Å². The van der Waals surface area contributed by atoms with E-state index < -0.39 is 0 Å². The van der Waals surface area contributed by atoms with Crippen molar-refractivity contribution in [1.29, 1.82) is 0 Å². The van der Waals surface area contributed by atoms with E-state index in [9.17, 15) is 0 Å². The molecule has 2 aliphatic carbocycles. The maximum atomic E-state index is 3.89. The van der Waals surface area contributed by atoms with Crippen molar-refractivity contribution in [2.75, 3.05) is 13.1 Å². The summed E-state index contributed by atoms with van der Waals surface area (Å²) in [4.78, 5) is 3.01. The number of hydrogen-bond acceptors (Lipinski definition) is 2. The van der Waals surface area contributed by atoms with Gasteiger partial charge in [-0.3, -0.25) is 4.90 Å². The number of rotatable bonds is 2. The minimum Gasteiger partial charge on any atom is -0.311 e. The Morgan fingerprint density at radius 1 is 0.950 bits per heavy atom. The van der Waals surface area contributed by atoms with Crippen molar-refractivity contribution in [1.82, 2.24) is 10.2 Å². The molecule has 2 saturated carbocycles. The van der Waals surface area contributed by atoms with Crippen molar-refractivity contribution in [3.8, 4) is 0 Å². The molecule has 2 nitrogen and oxygen atoms in total. The van der Waals surface area contributed by atoms with Gasteiger partial charge in [0.2, 0.25) is 0 Å². The van der Waals surface area contributed by atoms with Gasteiger partial charge in [-0.2, -0.15) is 0 Å². The first-order valence-electron chi connectivity index (χ1n) is 9.21. The molecule has 0 aromatic rings. The Bertz CT molecular complexity index is 299. The smallest absolute Gasteiger partial charge is 0.0337 e. The summed E-state index contributed by atoms with van der Waals surface area (Å²) in [6.45, 7) is 7.33. The molecule has 3 rings (SSSR count). The lowest BCUT2D eigenvalue weighted by atomic mass is 9.85. The van der Waals surface area contributed by atoms with Crippen LogP contribution < -0.4 is 5.32 Å². The minimum atomic E-state index is 0.528. The molecule has 1 aliphatic heterocycles. The van der Waals surface area contributed by atoms with Gasteiger partial charge in [0.25, 0.3) is 0 Å². The van der Waals surface area contributed by atoms with Crippen LogP contribution in [0.2, 0.25) is 0 Å². The molecular formula is C18H34N2. The third-order valence-electron chi connectivity index (χ3n) is 6.30. The van der Waals surface area contributed by atoms with E-state index in [1.165, 1.54) is 77.3 Å². The summed E-state index contributed by atoms with van der Waals surface area (Å²) in [6, 6.07) is 1.60. The van der Waals surface area contributed by atoms with Gasteiger partial charge in [0.1, 0.15) is 0 Å². The first-order chi connectivity index (χ1) is 9.71. The third kappa shape index (κ3) is 2.92. The Kier molecular flexibility index (Phi) is 4.72. The van der Waals surface area contributed by atoms with E-state index in [-0.39, 0.29) is 0 Å². The largest absolute Gasteiger partial charge is 0.311 e. The highest BCUT2D eigenvalue weighted by molar-refractivity contribution is 5.04. The molecule has 1 heterocycles. The van der Waals surface area contributed by atoms with Crippen LogP contribution >= 0.6 is 0 Å². The van der Waals surface area contributed by atoms with Crippen molar-refractivity contribution in [2.45, 2.75) is 95.7 Å². The van der Waals surface area contributed by atoms with Crippen LogP contribution in [0.15, 0.2) is 0 Å². The summed E-state index contributed by atoms with van der Waals surface area (Å²) in [5.74, 6) is 0.766. The molecule has 3 fully saturated rings. The zero-order valence-electron chi connectivity index (χ0n) is 13.7. The van der Waals surface area contributed by atoms with Gasteiger partial charge in [-0.25, -0.2) is 0 Å². The fraction of sp³-hybridized carbons (Fsp3) is 1.00. The number of piperazine rings is 1. The molecule has 0 aromatic heterocycles. The predicted molar refractivity (Wildman–Crippen MR) is 86.0 cm³/mol. The average molecular weight is 278 g/mol. The lowest BCUT2D eigenvalue weighted by molar-refractivity contribution is -0.00802. The third-order valence-corrected chi connectivity index (χ3v) is 6.30. The molecule has 1 atom stereocenters. The first kappa shape index (κ1) is 14.8. The molecule has 3 aliphatic rings. The Labute approximate surface area is 125 Å². The molecule has 1 saturated heterocycles. The van der Waals surface area contributed by atoms with Crippen LogP contribution in [0.5, 0.6) is 0 Å². The highest BCUT2D eigenvalue weighted by atomic mass is 15.3. The van der Waals surface area contributed by atoms with Crippen LogP contribution in [-0.2, 0) is 0 Å². The van der Waals surface area contributed by atoms with Crippen LogP contribution in [0.1, 0.15) is 78.1 Å². The SMILES string of the molecule is CC(C)C1CN(C2CCCCCC2)C2(CCCC2)CN1. The van der Waals surface area contributed by atoms with E-state index in [4.69, 9.17) is 0 Å². The van der Waals surface area contributed by atoms with Gasteiger partial charge in [-0.05, 0) is 31.6 Å². The van der Waals surface area contributed by atoms with Crippen LogP contribution in [-0.4, -0.2) is 35.6 Å². The average Bonchev–Trinajstić information content (AvgIpc) is 2.74. The summed E-state index contributed by atoms with van der Waals surface area (Å²) in [5, 5.41) is 3.89. The monoisotopic (exact) mass is 278 g/mol. The summed E-state index contributed by atoms with van der Waals surface area (Å²) in [6.07, 6.45) is 14.6. The lowest BCUT2D eigenvalue weighted by Crippen LogP contribution is -2.67. The molecule has 0 aromatic carbocycles. The van der Waals surface area contributed by atoms with Crippen LogP contribution in [0, 0.1) is 5.92 Å². The molecule has 1 N–H and O–H groups in total. The number of nitrogens with zero attached hydrogens (tertiary/aromatic N) is 1. The van der Waals surface area contributed by atoms with E-state index in [0.29, 0.717) is 11.6 Å². The molecule has 116 valence electrons. The van der Waals surface area contributed by atoms with E-state index in [1.807, 2.05) is 0 Å². The fourth-order valence-corrected chi connectivity index (χ4v) is 4.94. The van der Waals surface area contributed by atoms with Crippen molar-refractivity contribution in [2.24, 2.45) is 5.92 Å². The Morgan fingerprint density at radius 2 is 1.60 bits per heavy atom. The fourth-order valence-electron chi connectivity index (χ4n) is 4.94. The van der Waals surface area contributed by atoms with Crippen molar-refractivity contribution < 1.29 is 0 Å². The molecule has 1 spiro atoms. The topological polar surface area (TPSA) is 15.3 Å². The van der Waals surface area contributed by atoms with Crippen LogP contribution in [0.4, 0.5) is 0 Å². The summed E-state index contributed by atoms with van der Waals surface area (Å²) in [5.41, 5.74) is 0.528. The molecule has 2 heteroatoms. The number of nitrogens with one attached hydrogen (secondary N) is 1. The van der Waals surface area contributed by atoms with E-state index in [0.717, 1.165) is 12.0 Å². The van der Waals surface area contributed by atoms with Gasteiger partial charge in [0, 0.05) is 30.7 Å². The number of hydrogen-bond donors (Lipinski definition) is 1. The molecule has 0 bridgehead atoms. The summed E-state index contributed by atoms with van der Waals surface area (Å²) in [7, 11) is 0. The summed E-state index contributed by atoms with van der Waals surface area (Å²) < 4.78 is 0. The molecule has 0 radical (unpaired) electrons. The second-order valence-corrected chi connectivity index (χ2v) is 7.96. The van der Waals surface area contributed by atoms with E-state index >= 15 is 0 Å². The quantitative estimate of drug-likeness (QED) is 0.769. The maximum absolute atomic E-state index is 3.89. The standard InChI is InChI=1S/C18H34N2/c1-15(2)17-13-20(16-9-5-3-4-6-10-16)18(14-19-17)11-7-8-12-18/h15-17,19H,3-14H2,1-2H3. The lowest BCUT2D eigenvalue weighted by Gasteiger charge is -2.52. The molecule has 20 heavy (non-hydrogen) atoms. The second kappa shape index (κ2) is 6.36. The predicted octanol–water partition coefficient (Wildman–Crippen LogP) is 3.95. The summed E-state index contributed by atoms with van der Waals surface area (Å²) >= 11 is 0. The Balaban J connectivity index is 1.76. The zero-order valence-corrected chi connectivity index (χ0v) is 13.7. The van der Waals surface area contributed by atoms with E-state index in [1.54, 1.807) is 0 Å². The Hall–Kier alpha value is -0.0800. The van der Waals surface area contributed by atoms with Crippen LogP contribution in [0.3, 0.4) is 0 Å². The van der Waals surface area contributed by atoms with Gasteiger partial charge in [-0.15, -0.1) is 0 Å². The highest BCUT2D eigenvalue weighted by Crippen LogP contribution is 2.40. The minimum absolute atomic E-state index is 0.528. The van der Waals surface area contributed by atoms with Gasteiger partial charge >= 0.3 is 0 Å². The van der Waals surface area contributed by atoms with Crippen LogP contribution in [0.25, 0.3) is 0 Å². The van der Waals surface area contributed by atoms with Gasteiger partial charge in [-0.1, -0.05) is 52.4 Å². The molecular weight excluding hydrogens is 244 g/mol. The van der Waals surface area contributed by atoms with E-state index in [2.05, 4.69) is 24.1 Å². The molecule has 1 unspecified atom stereocenters. The molecule has 0 amide bonds.